The molecule has 0 saturated heterocycles. The average molecular weight is 383 g/mol. The van der Waals surface area contributed by atoms with E-state index in [9.17, 15) is 4.79 Å². The molecule has 6 heteroatoms. The van der Waals surface area contributed by atoms with Gasteiger partial charge < -0.3 is 9.88 Å². The van der Waals surface area contributed by atoms with Gasteiger partial charge in [-0.05, 0) is 43.7 Å². The van der Waals surface area contributed by atoms with Crippen LogP contribution in [0.3, 0.4) is 0 Å². The summed E-state index contributed by atoms with van der Waals surface area (Å²) in [7, 11) is 0. The highest BCUT2D eigenvalue weighted by atomic mass is 16.1. The monoisotopic (exact) mass is 383 g/mol. The summed E-state index contributed by atoms with van der Waals surface area (Å²) in [6.07, 6.45) is 1.74. The van der Waals surface area contributed by atoms with Gasteiger partial charge in [0.05, 0.1) is 28.8 Å². The van der Waals surface area contributed by atoms with Crippen LogP contribution < -0.4 is 15.3 Å². The van der Waals surface area contributed by atoms with Gasteiger partial charge in [0.1, 0.15) is 0 Å². The van der Waals surface area contributed by atoms with Crippen molar-refractivity contribution in [2.45, 2.75) is 20.8 Å². The largest absolute Gasteiger partial charge is 0.343 e. The number of imidazole rings is 1. The molecule has 1 aromatic heterocycles. The number of fused-ring (bicyclic) bond motifs is 4. The molecule has 1 aliphatic carbocycles. The van der Waals surface area contributed by atoms with Crippen LogP contribution >= 0.6 is 0 Å². The van der Waals surface area contributed by atoms with E-state index in [-0.39, 0.29) is 5.78 Å². The van der Waals surface area contributed by atoms with Crippen LogP contribution in [0.4, 0.5) is 11.6 Å². The van der Waals surface area contributed by atoms with Gasteiger partial charge in [0.2, 0.25) is 5.95 Å². The maximum absolute atomic E-state index is 13.6. The molecular formula is C23H21N5O. The Hall–Kier alpha value is -3.54. The van der Waals surface area contributed by atoms with Crippen molar-refractivity contribution < 1.29 is 4.79 Å². The van der Waals surface area contributed by atoms with Crippen molar-refractivity contribution in [1.82, 2.24) is 9.97 Å². The Morgan fingerprint density at radius 2 is 1.83 bits per heavy atom. The number of aromatic amines is 1. The molecule has 6 nitrogen and oxygen atoms in total. The molecule has 2 aromatic carbocycles. The first-order valence-corrected chi connectivity index (χ1v) is 9.87. The summed E-state index contributed by atoms with van der Waals surface area (Å²) >= 11 is 0. The van der Waals surface area contributed by atoms with Gasteiger partial charge >= 0.3 is 0 Å². The van der Waals surface area contributed by atoms with Crippen molar-refractivity contribution in [3.63, 3.8) is 0 Å². The van der Waals surface area contributed by atoms with E-state index in [1.165, 1.54) is 0 Å². The number of H-pyrrole nitrogens is 1. The Morgan fingerprint density at radius 1 is 1.07 bits per heavy atom. The zero-order chi connectivity index (χ0) is 20.1. The van der Waals surface area contributed by atoms with Gasteiger partial charge in [0.15, 0.2) is 5.78 Å². The van der Waals surface area contributed by atoms with E-state index in [1.54, 1.807) is 6.20 Å². The van der Waals surface area contributed by atoms with Gasteiger partial charge in [-0.25, -0.2) is 4.98 Å². The Morgan fingerprint density at radius 3 is 2.59 bits per heavy atom. The molecule has 0 spiro atoms. The van der Waals surface area contributed by atoms with Gasteiger partial charge in [0, 0.05) is 29.4 Å². The van der Waals surface area contributed by atoms with Gasteiger partial charge in [-0.15, -0.1) is 0 Å². The molecule has 0 fully saturated rings. The van der Waals surface area contributed by atoms with Crippen molar-refractivity contribution in [2.75, 3.05) is 18.0 Å². The van der Waals surface area contributed by atoms with Gasteiger partial charge in [0.25, 0.3) is 0 Å². The third-order valence-electron chi connectivity index (χ3n) is 5.66. The van der Waals surface area contributed by atoms with Crippen LogP contribution in [-0.2, 0) is 0 Å². The first-order chi connectivity index (χ1) is 14.1. The maximum Gasteiger partial charge on any atom is 0.203 e. The number of Topliss-reactive ketones (excluding diaryl/α,β-unsaturated/α-hetero) is 1. The summed E-state index contributed by atoms with van der Waals surface area (Å²) in [5, 5.41) is 10.0. The van der Waals surface area contributed by atoms with Crippen LogP contribution in [-0.4, -0.2) is 28.8 Å². The molecule has 0 unspecified atom stereocenters. The first kappa shape index (κ1) is 17.6. The van der Waals surface area contributed by atoms with Crippen molar-refractivity contribution in [2.24, 2.45) is 10.2 Å². The van der Waals surface area contributed by atoms with Crippen LogP contribution in [0.5, 0.6) is 0 Å². The summed E-state index contributed by atoms with van der Waals surface area (Å²) in [5.41, 5.74) is 5.60. The third-order valence-corrected chi connectivity index (χ3v) is 5.66. The summed E-state index contributed by atoms with van der Waals surface area (Å²) < 4.78 is 0. The molecular weight excluding hydrogens is 362 g/mol. The van der Waals surface area contributed by atoms with Crippen LogP contribution in [0.15, 0.2) is 46.6 Å². The number of ketones is 1. The second kappa shape index (κ2) is 6.51. The molecule has 0 amide bonds. The molecule has 0 radical (unpaired) electrons. The fraction of sp³-hybridized carbons (Fsp3) is 0.217. The molecule has 1 aliphatic heterocycles. The topological polar surface area (TPSA) is 73.7 Å². The normalized spacial score (nSPS) is 15.6. The van der Waals surface area contributed by atoms with E-state index in [4.69, 9.17) is 4.98 Å². The summed E-state index contributed by atoms with van der Waals surface area (Å²) in [4.78, 5) is 24.1. The zero-order valence-corrected chi connectivity index (χ0v) is 16.7. The number of carbonyl (C=O) groups excluding carboxylic acids is 1. The minimum atomic E-state index is 0.00446. The molecule has 5 rings (SSSR count). The summed E-state index contributed by atoms with van der Waals surface area (Å²) in [5.74, 6) is 0.790. The number of anilines is 1. The standard InChI is InChI=1S/C23H21N5O/c1-4-28(5-2)23-25-20-15-8-6-7-9-16(15)22(29)19(21(20)26-23)17-11-18-14(10-13(17)3)12-24-27-18/h6-12H,4-5H2,1-3H3,(H,25,26)/b19-17+. The van der Waals surface area contributed by atoms with E-state index >= 15 is 0 Å². The van der Waals surface area contributed by atoms with Crippen LogP contribution in [0.25, 0.3) is 23.0 Å². The highest BCUT2D eigenvalue weighted by Crippen LogP contribution is 2.38. The van der Waals surface area contributed by atoms with Crippen molar-refractivity contribution in [3.05, 3.63) is 63.7 Å². The quantitative estimate of drug-likeness (QED) is 0.753. The van der Waals surface area contributed by atoms with Crippen molar-refractivity contribution in [3.8, 4) is 11.3 Å². The number of rotatable bonds is 3. The lowest BCUT2D eigenvalue weighted by atomic mass is 9.85. The van der Waals surface area contributed by atoms with Gasteiger partial charge in [-0.3, -0.25) is 4.79 Å². The molecule has 0 saturated carbocycles. The fourth-order valence-corrected chi connectivity index (χ4v) is 4.13. The van der Waals surface area contributed by atoms with Crippen molar-refractivity contribution in [1.29, 1.82) is 0 Å². The third kappa shape index (κ3) is 2.56. The van der Waals surface area contributed by atoms with Gasteiger partial charge in [-0.2, -0.15) is 10.2 Å². The number of aryl methyl sites for hydroxylation is 1. The SMILES string of the molecule is CCN(CC)c1nc2c([nH]1)/C(=c1/cc3c(cc1C)=CN=N3)C(=O)c1ccccc1-2. The van der Waals surface area contributed by atoms with E-state index < -0.39 is 0 Å². The molecule has 144 valence electrons. The van der Waals surface area contributed by atoms with E-state index in [2.05, 4.69) is 34.0 Å². The first-order valence-electron chi connectivity index (χ1n) is 9.87. The average Bonchev–Trinajstić information content (AvgIpc) is 3.36. The Kier molecular flexibility index (Phi) is 3.94. The Labute approximate surface area is 168 Å². The number of azo groups is 1. The number of carbonyl (C=O) groups is 1. The molecule has 2 aliphatic rings. The highest BCUT2D eigenvalue weighted by molar-refractivity contribution is 6.33. The van der Waals surface area contributed by atoms with Crippen LogP contribution in [0.1, 0.15) is 35.5 Å². The number of nitrogens with one attached hydrogen (secondary N) is 1. The lowest BCUT2D eigenvalue weighted by Crippen LogP contribution is -2.24. The minimum Gasteiger partial charge on any atom is -0.343 e. The lowest BCUT2D eigenvalue weighted by molar-refractivity contribution is 0.105. The summed E-state index contributed by atoms with van der Waals surface area (Å²) in [6.45, 7) is 7.88. The highest BCUT2D eigenvalue weighted by Gasteiger charge is 2.32. The molecule has 29 heavy (non-hydrogen) atoms. The van der Waals surface area contributed by atoms with E-state index in [0.717, 1.165) is 57.7 Å². The minimum absolute atomic E-state index is 0.00446. The Bertz CT molecular complexity index is 1310. The summed E-state index contributed by atoms with van der Waals surface area (Å²) in [6, 6.07) is 11.7. The van der Waals surface area contributed by atoms with Crippen LogP contribution in [0.2, 0.25) is 0 Å². The Balaban J connectivity index is 1.87. The van der Waals surface area contributed by atoms with E-state index in [0.29, 0.717) is 11.1 Å². The lowest BCUT2D eigenvalue weighted by Gasteiger charge is -2.17. The predicted molar refractivity (Wildman–Crippen MR) is 114 cm³/mol. The zero-order valence-electron chi connectivity index (χ0n) is 16.7. The fourth-order valence-electron chi connectivity index (χ4n) is 4.13. The van der Waals surface area contributed by atoms with Crippen molar-refractivity contribution >= 4 is 29.2 Å². The maximum atomic E-state index is 13.6. The predicted octanol–water partition coefficient (Wildman–Crippen LogP) is 3.46. The van der Waals surface area contributed by atoms with Gasteiger partial charge in [-0.1, -0.05) is 24.3 Å². The number of nitrogens with zero attached hydrogens (tertiary/aromatic N) is 4. The van der Waals surface area contributed by atoms with Crippen LogP contribution in [0, 0.1) is 6.92 Å². The molecule has 2 heterocycles. The second-order valence-electron chi connectivity index (χ2n) is 7.28. The molecule has 0 atom stereocenters. The molecule has 3 aromatic rings. The number of aromatic nitrogens is 2. The smallest absolute Gasteiger partial charge is 0.203 e. The molecule has 0 bridgehead atoms. The number of hydrogen-bond acceptors (Lipinski definition) is 5. The number of hydrogen-bond donors (Lipinski definition) is 1. The second-order valence-corrected chi connectivity index (χ2v) is 7.28. The number of benzene rings is 2. The molecule has 1 N–H and O–H groups in total. The van der Waals surface area contributed by atoms with E-state index in [1.807, 2.05) is 43.3 Å².